The Morgan fingerprint density at radius 3 is 2.08 bits per heavy atom. The van der Waals surface area contributed by atoms with Crippen LogP contribution >= 0.6 is 0 Å². The molecule has 1 unspecified atom stereocenters. The minimum absolute atomic E-state index is 0.425. The van der Waals surface area contributed by atoms with Gasteiger partial charge in [-0.15, -0.1) is 0 Å². The Hall–Kier alpha value is -0.0800. The van der Waals surface area contributed by atoms with Crippen LogP contribution in [0.5, 0.6) is 0 Å². The fraction of sp³-hybridized carbons (Fsp3) is 1.00. The number of hydrogen-bond donors (Lipinski definition) is 1. The van der Waals surface area contributed by atoms with Crippen LogP contribution in [0.3, 0.4) is 0 Å². The number of likely N-dealkylation sites (N-methyl/N-ethyl adjacent to an activating group) is 2. The summed E-state index contributed by atoms with van der Waals surface area (Å²) in [5, 5.41) is 3.39. The molecule has 0 aromatic heterocycles. The van der Waals surface area contributed by atoms with E-state index in [1.165, 1.54) is 25.7 Å². The smallest absolute Gasteiger partial charge is 0.0353 e. The first-order chi connectivity index (χ1) is 5.63. The fourth-order valence-electron chi connectivity index (χ4n) is 2.52. The monoisotopic (exact) mass is 170 g/mol. The zero-order valence-corrected chi connectivity index (χ0v) is 8.85. The Morgan fingerprint density at radius 1 is 1.25 bits per heavy atom. The predicted molar refractivity (Wildman–Crippen MR) is 53.4 cm³/mol. The number of nitrogens with one attached hydrogen (secondary N) is 1. The van der Waals surface area contributed by atoms with Crippen molar-refractivity contribution in [2.45, 2.75) is 44.2 Å². The van der Waals surface area contributed by atoms with Gasteiger partial charge in [-0.3, -0.25) is 0 Å². The molecule has 72 valence electrons. The van der Waals surface area contributed by atoms with E-state index in [4.69, 9.17) is 0 Å². The van der Waals surface area contributed by atoms with Gasteiger partial charge in [-0.2, -0.15) is 0 Å². The van der Waals surface area contributed by atoms with Gasteiger partial charge in [0.15, 0.2) is 0 Å². The average molecular weight is 170 g/mol. The first-order valence-corrected chi connectivity index (χ1v) is 4.98. The lowest BCUT2D eigenvalue weighted by atomic mass is 9.88. The van der Waals surface area contributed by atoms with Crippen LogP contribution in [0.15, 0.2) is 0 Å². The molecule has 0 aromatic rings. The van der Waals surface area contributed by atoms with Crippen molar-refractivity contribution < 1.29 is 0 Å². The highest BCUT2D eigenvalue weighted by molar-refractivity contribution is 4.99. The van der Waals surface area contributed by atoms with E-state index in [0.717, 1.165) is 0 Å². The Bertz CT molecular complexity index is 137. The highest BCUT2D eigenvalue weighted by Gasteiger charge is 2.39. The molecule has 12 heavy (non-hydrogen) atoms. The SMILES string of the molecule is CNC(C)C1(N(C)C)CCCC1. The third-order valence-corrected chi connectivity index (χ3v) is 3.60. The molecule has 0 bridgehead atoms. The minimum atomic E-state index is 0.425. The summed E-state index contributed by atoms with van der Waals surface area (Å²) in [7, 11) is 6.48. The van der Waals surface area contributed by atoms with Gasteiger partial charge in [0.25, 0.3) is 0 Å². The van der Waals surface area contributed by atoms with Crippen LogP contribution in [0.25, 0.3) is 0 Å². The highest BCUT2D eigenvalue weighted by Crippen LogP contribution is 2.36. The van der Waals surface area contributed by atoms with Crippen LogP contribution in [0.2, 0.25) is 0 Å². The van der Waals surface area contributed by atoms with Crippen molar-refractivity contribution in [2.24, 2.45) is 0 Å². The summed E-state index contributed by atoms with van der Waals surface area (Å²) in [5.74, 6) is 0. The van der Waals surface area contributed by atoms with Gasteiger partial charge in [0.2, 0.25) is 0 Å². The molecule has 1 fully saturated rings. The second-order valence-corrected chi connectivity index (χ2v) is 4.22. The highest BCUT2D eigenvalue weighted by atomic mass is 15.2. The van der Waals surface area contributed by atoms with Crippen molar-refractivity contribution in [3.05, 3.63) is 0 Å². The molecular weight excluding hydrogens is 148 g/mol. The molecule has 1 N–H and O–H groups in total. The van der Waals surface area contributed by atoms with E-state index in [1.54, 1.807) is 0 Å². The van der Waals surface area contributed by atoms with Crippen molar-refractivity contribution in [2.75, 3.05) is 21.1 Å². The van der Waals surface area contributed by atoms with E-state index >= 15 is 0 Å². The van der Waals surface area contributed by atoms with Crippen LogP contribution in [0.4, 0.5) is 0 Å². The molecule has 1 aliphatic rings. The van der Waals surface area contributed by atoms with E-state index in [2.05, 4.69) is 38.3 Å². The van der Waals surface area contributed by atoms with Gasteiger partial charge in [0.1, 0.15) is 0 Å². The van der Waals surface area contributed by atoms with Gasteiger partial charge in [-0.05, 0) is 40.9 Å². The van der Waals surface area contributed by atoms with Gasteiger partial charge in [0.05, 0.1) is 0 Å². The quantitative estimate of drug-likeness (QED) is 0.690. The average Bonchev–Trinajstić information content (AvgIpc) is 2.52. The second kappa shape index (κ2) is 3.75. The van der Waals surface area contributed by atoms with E-state index in [-0.39, 0.29) is 0 Å². The largest absolute Gasteiger partial charge is 0.315 e. The Labute approximate surface area is 76.3 Å². The lowest BCUT2D eigenvalue weighted by Crippen LogP contribution is -2.55. The molecule has 0 saturated heterocycles. The van der Waals surface area contributed by atoms with Crippen LogP contribution < -0.4 is 5.32 Å². The first-order valence-electron chi connectivity index (χ1n) is 4.98. The van der Waals surface area contributed by atoms with E-state index in [0.29, 0.717) is 11.6 Å². The van der Waals surface area contributed by atoms with Crippen LogP contribution in [0.1, 0.15) is 32.6 Å². The lowest BCUT2D eigenvalue weighted by Gasteiger charge is -2.41. The van der Waals surface area contributed by atoms with E-state index < -0.39 is 0 Å². The number of rotatable bonds is 3. The summed E-state index contributed by atoms with van der Waals surface area (Å²) >= 11 is 0. The molecule has 0 aromatic carbocycles. The second-order valence-electron chi connectivity index (χ2n) is 4.22. The summed E-state index contributed by atoms with van der Waals surface area (Å²) in [6.07, 6.45) is 5.48. The molecule has 1 aliphatic carbocycles. The van der Waals surface area contributed by atoms with Gasteiger partial charge >= 0.3 is 0 Å². The first kappa shape index (κ1) is 10.0. The van der Waals surface area contributed by atoms with Gasteiger partial charge in [-0.1, -0.05) is 12.8 Å². The summed E-state index contributed by atoms with van der Waals surface area (Å²) in [6.45, 7) is 2.30. The predicted octanol–water partition coefficient (Wildman–Crippen LogP) is 1.47. The number of nitrogens with zero attached hydrogens (tertiary/aromatic N) is 1. The molecule has 1 rings (SSSR count). The van der Waals surface area contributed by atoms with Crippen LogP contribution in [0, 0.1) is 0 Å². The Kier molecular flexibility index (Phi) is 3.13. The van der Waals surface area contributed by atoms with Gasteiger partial charge < -0.3 is 10.2 Å². The van der Waals surface area contributed by atoms with Crippen molar-refractivity contribution in [3.63, 3.8) is 0 Å². The molecule has 0 amide bonds. The normalized spacial score (nSPS) is 24.8. The zero-order valence-electron chi connectivity index (χ0n) is 8.85. The molecule has 0 spiro atoms. The van der Waals surface area contributed by atoms with Crippen LogP contribution in [-0.4, -0.2) is 37.6 Å². The Balaban J connectivity index is 2.71. The molecule has 0 aliphatic heterocycles. The molecule has 1 atom stereocenters. The summed E-state index contributed by atoms with van der Waals surface area (Å²) in [5.41, 5.74) is 0.425. The minimum Gasteiger partial charge on any atom is -0.315 e. The van der Waals surface area contributed by atoms with Crippen molar-refractivity contribution in [1.82, 2.24) is 10.2 Å². The van der Waals surface area contributed by atoms with Crippen molar-refractivity contribution >= 4 is 0 Å². The topological polar surface area (TPSA) is 15.3 Å². The molecule has 2 heteroatoms. The van der Waals surface area contributed by atoms with Crippen molar-refractivity contribution in [3.8, 4) is 0 Å². The van der Waals surface area contributed by atoms with Gasteiger partial charge in [0, 0.05) is 11.6 Å². The maximum Gasteiger partial charge on any atom is 0.0353 e. The molecular formula is C10H22N2. The third kappa shape index (κ3) is 1.50. The summed E-state index contributed by atoms with van der Waals surface area (Å²) < 4.78 is 0. The third-order valence-electron chi connectivity index (χ3n) is 3.60. The number of hydrogen-bond acceptors (Lipinski definition) is 2. The zero-order chi connectivity index (χ0) is 9.19. The molecule has 0 heterocycles. The van der Waals surface area contributed by atoms with Gasteiger partial charge in [-0.25, -0.2) is 0 Å². The summed E-state index contributed by atoms with van der Waals surface area (Å²) in [6, 6.07) is 0.606. The standard InChI is InChI=1S/C10H22N2/c1-9(11-2)10(12(3)4)7-5-6-8-10/h9,11H,5-8H2,1-4H3. The maximum absolute atomic E-state index is 3.39. The van der Waals surface area contributed by atoms with E-state index in [1.807, 2.05) is 0 Å². The molecule has 0 radical (unpaired) electrons. The molecule has 1 saturated carbocycles. The Morgan fingerprint density at radius 2 is 1.75 bits per heavy atom. The van der Waals surface area contributed by atoms with E-state index in [9.17, 15) is 0 Å². The van der Waals surface area contributed by atoms with Crippen molar-refractivity contribution in [1.29, 1.82) is 0 Å². The van der Waals surface area contributed by atoms with Crippen LogP contribution in [-0.2, 0) is 0 Å². The summed E-state index contributed by atoms with van der Waals surface area (Å²) in [4.78, 5) is 2.40. The fourth-order valence-corrected chi connectivity index (χ4v) is 2.52. The maximum atomic E-state index is 3.39. The molecule has 2 nitrogen and oxygen atoms in total. The lowest BCUT2D eigenvalue weighted by molar-refractivity contribution is 0.116.